The molecular weight excluding hydrogens is 186 g/mol. The van der Waals surface area contributed by atoms with Crippen LogP contribution in [0.15, 0.2) is 0 Å². The van der Waals surface area contributed by atoms with Crippen molar-refractivity contribution in [2.24, 2.45) is 11.8 Å². The highest BCUT2D eigenvalue weighted by atomic mass is 32.2. The summed E-state index contributed by atoms with van der Waals surface area (Å²) in [7, 11) is -2.90. The topological polar surface area (TPSA) is 37.4 Å². The van der Waals surface area contributed by atoms with E-state index in [0.717, 1.165) is 19.5 Å². The van der Waals surface area contributed by atoms with Crippen LogP contribution in [-0.2, 0) is 10.0 Å². The number of nitrogens with zero attached hydrogens (tertiary/aromatic N) is 1. The lowest BCUT2D eigenvalue weighted by atomic mass is 9.92. The van der Waals surface area contributed by atoms with E-state index in [1.807, 2.05) is 0 Å². The summed E-state index contributed by atoms with van der Waals surface area (Å²) in [5, 5.41) is 0. The minimum atomic E-state index is -2.90. The first-order valence-electron chi connectivity index (χ1n) is 4.93. The van der Waals surface area contributed by atoms with Gasteiger partial charge in [-0.3, -0.25) is 0 Å². The van der Waals surface area contributed by atoms with E-state index >= 15 is 0 Å². The highest BCUT2D eigenvalue weighted by molar-refractivity contribution is 7.89. The SMILES string of the molecule is CCS(=O)(=O)N1CC(CC(C)C)C1. The van der Waals surface area contributed by atoms with Gasteiger partial charge in [-0.2, -0.15) is 0 Å². The van der Waals surface area contributed by atoms with Gasteiger partial charge in [-0.05, 0) is 25.2 Å². The summed E-state index contributed by atoms with van der Waals surface area (Å²) < 4.78 is 24.3. The summed E-state index contributed by atoms with van der Waals surface area (Å²) in [5.74, 6) is 1.51. The lowest BCUT2D eigenvalue weighted by Crippen LogP contribution is -2.50. The maximum atomic E-state index is 11.3. The smallest absolute Gasteiger partial charge is 0.212 e. The Morgan fingerprint density at radius 1 is 1.38 bits per heavy atom. The van der Waals surface area contributed by atoms with Gasteiger partial charge in [-0.15, -0.1) is 0 Å². The number of hydrogen-bond donors (Lipinski definition) is 0. The Labute approximate surface area is 81.2 Å². The zero-order valence-corrected chi connectivity index (χ0v) is 9.47. The van der Waals surface area contributed by atoms with Crippen LogP contribution in [-0.4, -0.2) is 31.6 Å². The molecule has 1 aliphatic heterocycles. The molecule has 1 rings (SSSR count). The Balaban J connectivity index is 2.34. The molecule has 3 nitrogen and oxygen atoms in total. The van der Waals surface area contributed by atoms with Crippen molar-refractivity contribution in [2.45, 2.75) is 27.2 Å². The molecule has 1 fully saturated rings. The van der Waals surface area contributed by atoms with Crippen LogP contribution in [0.3, 0.4) is 0 Å². The zero-order valence-electron chi connectivity index (χ0n) is 8.66. The van der Waals surface area contributed by atoms with Gasteiger partial charge >= 0.3 is 0 Å². The van der Waals surface area contributed by atoms with Crippen molar-refractivity contribution in [3.05, 3.63) is 0 Å². The molecule has 1 saturated heterocycles. The zero-order chi connectivity index (χ0) is 10.1. The molecule has 0 aliphatic carbocycles. The van der Waals surface area contributed by atoms with Crippen molar-refractivity contribution in [3.8, 4) is 0 Å². The monoisotopic (exact) mass is 205 g/mol. The van der Waals surface area contributed by atoms with Crippen LogP contribution in [0.4, 0.5) is 0 Å². The molecular formula is C9H19NO2S. The maximum absolute atomic E-state index is 11.3. The minimum absolute atomic E-state index is 0.237. The van der Waals surface area contributed by atoms with Crippen molar-refractivity contribution < 1.29 is 8.42 Å². The second-order valence-corrected chi connectivity index (χ2v) is 6.47. The van der Waals surface area contributed by atoms with Crippen LogP contribution in [0.25, 0.3) is 0 Å². The molecule has 0 spiro atoms. The van der Waals surface area contributed by atoms with Crippen molar-refractivity contribution in [2.75, 3.05) is 18.8 Å². The molecule has 0 N–H and O–H groups in total. The van der Waals surface area contributed by atoms with Gasteiger partial charge in [0.15, 0.2) is 0 Å². The molecule has 4 heteroatoms. The quantitative estimate of drug-likeness (QED) is 0.694. The van der Waals surface area contributed by atoms with Crippen LogP contribution in [0, 0.1) is 11.8 Å². The highest BCUT2D eigenvalue weighted by Crippen LogP contribution is 2.25. The van der Waals surface area contributed by atoms with Crippen molar-refractivity contribution in [3.63, 3.8) is 0 Å². The van der Waals surface area contributed by atoms with E-state index in [2.05, 4.69) is 13.8 Å². The third kappa shape index (κ3) is 2.68. The summed E-state index contributed by atoms with van der Waals surface area (Å²) >= 11 is 0. The second-order valence-electron chi connectivity index (χ2n) is 4.21. The van der Waals surface area contributed by atoms with Crippen LogP contribution >= 0.6 is 0 Å². The normalized spacial score (nSPS) is 20.6. The third-order valence-corrected chi connectivity index (χ3v) is 4.30. The number of rotatable bonds is 4. The fraction of sp³-hybridized carbons (Fsp3) is 1.00. The lowest BCUT2D eigenvalue weighted by molar-refractivity contribution is 0.174. The van der Waals surface area contributed by atoms with E-state index < -0.39 is 10.0 Å². The summed E-state index contributed by atoms with van der Waals surface area (Å²) in [5.41, 5.74) is 0. The van der Waals surface area contributed by atoms with Gasteiger partial charge in [0.05, 0.1) is 5.75 Å². The predicted molar refractivity (Wildman–Crippen MR) is 54.0 cm³/mol. The summed E-state index contributed by atoms with van der Waals surface area (Å²) in [6.45, 7) is 7.54. The first-order chi connectivity index (χ1) is 5.95. The fourth-order valence-electron chi connectivity index (χ4n) is 1.75. The van der Waals surface area contributed by atoms with E-state index in [1.54, 1.807) is 11.2 Å². The minimum Gasteiger partial charge on any atom is -0.212 e. The Hall–Kier alpha value is -0.0900. The molecule has 0 radical (unpaired) electrons. The molecule has 0 aromatic heterocycles. The van der Waals surface area contributed by atoms with Gasteiger partial charge in [-0.1, -0.05) is 13.8 Å². The molecule has 0 bridgehead atoms. The molecule has 78 valence electrons. The third-order valence-electron chi connectivity index (χ3n) is 2.49. The number of sulfonamides is 1. The molecule has 1 heterocycles. The standard InChI is InChI=1S/C9H19NO2S/c1-4-13(11,12)10-6-9(7-10)5-8(2)3/h8-9H,4-7H2,1-3H3. The average Bonchev–Trinajstić information content (AvgIpc) is 1.95. The molecule has 1 aliphatic rings. The Kier molecular flexibility index (Phi) is 3.35. The average molecular weight is 205 g/mol. The molecule has 0 aromatic carbocycles. The largest absolute Gasteiger partial charge is 0.213 e. The van der Waals surface area contributed by atoms with E-state index in [9.17, 15) is 8.42 Å². The van der Waals surface area contributed by atoms with Crippen LogP contribution in [0.1, 0.15) is 27.2 Å². The van der Waals surface area contributed by atoms with Gasteiger partial charge in [0.1, 0.15) is 0 Å². The van der Waals surface area contributed by atoms with E-state index in [0.29, 0.717) is 11.8 Å². The number of hydrogen-bond acceptors (Lipinski definition) is 2. The van der Waals surface area contributed by atoms with Crippen LogP contribution in [0.2, 0.25) is 0 Å². The molecule has 0 unspecified atom stereocenters. The second kappa shape index (κ2) is 3.96. The van der Waals surface area contributed by atoms with Crippen molar-refractivity contribution in [1.82, 2.24) is 4.31 Å². The summed E-state index contributed by atoms with van der Waals surface area (Å²) in [4.78, 5) is 0. The molecule has 0 atom stereocenters. The van der Waals surface area contributed by atoms with Crippen molar-refractivity contribution in [1.29, 1.82) is 0 Å². The Bertz CT molecular complexity index is 253. The fourth-order valence-corrected chi connectivity index (χ4v) is 2.99. The first kappa shape index (κ1) is 11.0. The van der Waals surface area contributed by atoms with E-state index in [1.165, 1.54) is 0 Å². The van der Waals surface area contributed by atoms with Crippen LogP contribution < -0.4 is 0 Å². The van der Waals surface area contributed by atoms with Gasteiger partial charge < -0.3 is 0 Å². The lowest BCUT2D eigenvalue weighted by Gasteiger charge is -2.38. The van der Waals surface area contributed by atoms with E-state index in [-0.39, 0.29) is 5.75 Å². The van der Waals surface area contributed by atoms with Gasteiger partial charge in [0.2, 0.25) is 10.0 Å². The van der Waals surface area contributed by atoms with Crippen LogP contribution in [0.5, 0.6) is 0 Å². The Morgan fingerprint density at radius 3 is 2.31 bits per heavy atom. The summed E-state index contributed by atoms with van der Waals surface area (Å²) in [6.07, 6.45) is 1.15. The predicted octanol–water partition coefficient (Wildman–Crippen LogP) is 1.31. The maximum Gasteiger partial charge on any atom is 0.213 e. The summed E-state index contributed by atoms with van der Waals surface area (Å²) in [6, 6.07) is 0. The highest BCUT2D eigenvalue weighted by Gasteiger charge is 2.34. The molecule has 0 aromatic rings. The molecule has 0 saturated carbocycles. The Morgan fingerprint density at radius 2 is 1.92 bits per heavy atom. The van der Waals surface area contributed by atoms with Crippen molar-refractivity contribution >= 4 is 10.0 Å². The van der Waals surface area contributed by atoms with Gasteiger partial charge in [0, 0.05) is 13.1 Å². The molecule has 13 heavy (non-hydrogen) atoms. The van der Waals surface area contributed by atoms with Gasteiger partial charge in [0.25, 0.3) is 0 Å². The first-order valence-corrected chi connectivity index (χ1v) is 6.54. The molecule has 0 amide bonds. The van der Waals surface area contributed by atoms with E-state index in [4.69, 9.17) is 0 Å². The van der Waals surface area contributed by atoms with Gasteiger partial charge in [-0.25, -0.2) is 12.7 Å².